The first-order valence-electron chi connectivity index (χ1n) is 8.14. The zero-order valence-corrected chi connectivity index (χ0v) is 13.3. The van der Waals surface area contributed by atoms with Crippen molar-refractivity contribution in [3.63, 3.8) is 0 Å². The maximum Gasteiger partial charge on any atom is 0.416 e. The molecule has 6 nitrogen and oxygen atoms in total. The molecule has 2 fully saturated rings. The Morgan fingerprint density at radius 3 is 2.60 bits per heavy atom. The lowest BCUT2D eigenvalue weighted by atomic mass is 9.86. The molecule has 0 saturated heterocycles. The summed E-state index contributed by atoms with van der Waals surface area (Å²) in [6.07, 6.45) is 0.199. The standard InChI is InChI=1S/C16H18F3N3O3/c17-16(18,19)12-3-4-13(14(8-12)22(24)25)20-21-15(23)7-11-6-9-1-2-10(11)5-9/h3-4,8-11,20H,1-2,5-7H2,(H,21,23). The summed E-state index contributed by atoms with van der Waals surface area (Å²) in [5, 5.41) is 11.0. The summed E-state index contributed by atoms with van der Waals surface area (Å²) in [5.41, 5.74) is 2.71. The minimum absolute atomic E-state index is 0.181. The highest BCUT2D eigenvalue weighted by Crippen LogP contribution is 2.49. The second-order valence-electron chi connectivity index (χ2n) is 6.80. The van der Waals surface area contributed by atoms with Gasteiger partial charge in [0.2, 0.25) is 5.91 Å². The Balaban J connectivity index is 1.62. The van der Waals surface area contributed by atoms with Gasteiger partial charge in [-0.2, -0.15) is 13.2 Å². The molecule has 2 aliphatic carbocycles. The first-order chi connectivity index (χ1) is 11.7. The van der Waals surface area contributed by atoms with Crippen molar-refractivity contribution in [2.45, 2.75) is 38.3 Å². The number of anilines is 1. The highest BCUT2D eigenvalue weighted by molar-refractivity contribution is 5.78. The third-order valence-electron chi connectivity index (χ3n) is 5.19. The Hall–Kier alpha value is -2.32. The lowest BCUT2D eigenvalue weighted by Gasteiger charge is -2.21. The lowest BCUT2D eigenvalue weighted by molar-refractivity contribution is -0.384. The fourth-order valence-corrected chi connectivity index (χ4v) is 4.02. The number of carbonyl (C=O) groups excluding carboxylic acids is 1. The van der Waals surface area contributed by atoms with Gasteiger partial charge in [-0.15, -0.1) is 0 Å². The zero-order valence-electron chi connectivity index (χ0n) is 13.3. The Morgan fingerprint density at radius 1 is 1.28 bits per heavy atom. The first kappa shape index (κ1) is 17.5. The van der Waals surface area contributed by atoms with E-state index in [1.807, 2.05) is 0 Å². The summed E-state index contributed by atoms with van der Waals surface area (Å²) in [4.78, 5) is 22.1. The van der Waals surface area contributed by atoms with E-state index in [0.717, 1.165) is 31.4 Å². The van der Waals surface area contributed by atoms with Gasteiger partial charge in [0.25, 0.3) is 5.69 Å². The molecular formula is C16H18F3N3O3. The molecule has 0 radical (unpaired) electrons. The number of nitrogens with one attached hydrogen (secondary N) is 2. The third kappa shape index (κ3) is 3.85. The fourth-order valence-electron chi connectivity index (χ4n) is 4.02. The number of amides is 1. The number of hydrogen-bond acceptors (Lipinski definition) is 4. The van der Waals surface area contributed by atoms with Crippen molar-refractivity contribution in [2.75, 3.05) is 5.43 Å². The van der Waals surface area contributed by atoms with Crippen molar-refractivity contribution in [3.05, 3.63) is 33.9 Å². The molecule has 136 valence electrons. The van der Waals surface area contributed by atoms with Crippen LogP contribution in [0.25, 0.3) is 0 Å². The van der Waals surface area contributed by atoms with Crippen molar-refractivity contribution < 1.29 is 22.9 Å². The van der Waals surface area contributed by atoms with Gasteiger partial charge in [0.05, 0.1) is 10.5 Å². The smallest absolute Gasteiger partial charge is 0.292 e. The number of hydrogen-bond donors (Lipinski definition) is 2. The largest absolute Gasteiger partial charge is 0.416 e. The molecule has 3 rings (SSSR count). The summed E-state index contributed by atoms with van der Waals surface area (Å²) < 4.78 is 38.0. The van der Waals surface area contributed by atoms with Gasteiger partial charge in [0.15, 0.2) is 0 Å². The van der Waals surface area contributed by atoms with Crippen molar-refractivity contribution in [1.82, 2.24) is 5.43 Å². The number of carbonyl (C=O) groups is 1. The van der Waals surface area contributed by atoms with E-state index >= 15 is 0 Å². The van der Waals surface area contributed by atoms with Crippen molar-refractivity contribution >= 4 is 17.3 Å². The molecule has 2 aliphatic rings. The number of alkyl halides is 3. The van der Waals surface area contributed by atoms with E-state index in [4.69, 9.17) is 0 Å². The van der Waals surface area contributed by atoms with Crippen LogP contribution in [0.5, 0.6) is 0 Å². The Morgan fingerprint density at radius 2 is 2.04 bits per heavy atom. The van der Waals surface area contributed by atoms with Crippen LogP contribution in [-0.2, 0) is 11.0 Å². The van der Waals surface area contributed by atoms with Gasteiger partial charge in [0, 0.05) is 12.5 Å². The van der Waals surface area contributed by atoms with Crippen LogP contribution < -0.4 is 10.9 Å². The number of halogens is 3. The highest BCUT2D eigenvalue weighted by atomic mass is 19.4. The van der Waals surface area contributed by atoms with Gasteiger partial charge in [-0.3, -0.25) is 25.8 Å². The van der Waals surface area contributed by atoms with Crippen molar-refractivity contribution in [2.24, 2.45) is 17.8 Å². The molecule has 0 aliphatic heterocycles. The molecule has 25 heavy (non-hydrogen) atoms. The number of nitro benzene ring substituents is 1. The van der Waals surface area contributed by atoms with Crippen molar-refractivity contribution in [3.8, 4) is 0 Å². The molecule has 2 N–H and O–H groups in total. The van der Waals surface area contributed by atoms with E-state index in [-0.39, 0.29) is 11.6 Å². The van der Waals surface area contributed by atoms with E-state index in [9.17, 15) is 28.1 Å². The number of fused-ring (bicyclic) bond motifs is 2. The second-order valence-corrected chi connectivity index (χ2v) is 6.80. The SMILES string of the molecule is O=C(CC1CC2CCC1C2)NNc1ccc(C(F)(F)F)cc1[N+](=O)[O-]. The Labute approximate surface area is 141 Å². The topological polar surface area (TPSA) is 84.3 Å². The number of rotatable bonds is 5. The van der Waals surface area contributed by atoms with E-state index in [1.165, 1.54) is 6.42 Å². The highest BCUT2D eigenvalue weighted by Gasteiger charge is 2.40. The summed E-state index contributed by atoms with van der Waals surface area (Å²) >= 11 is 0. The molecule has 1 amide bonds. The minimum Gasteiger partial charge on any atom is -0.292 e. The van der Waals surface area contributed by atoms with Crippen molar-refractivity contribution in [1.29, 1.82) is 0 Å². The van der Waals surface area contributed by atoms with E-state index in [2.05, 4.69) is 10.9 Å². The Kier molecular flexibility index (Phi) is 4.57. The Bertz CT molecular complexity index is 693. The van der Waals surface area contributed by atoms with Crippen LogP contribution >= 0.6 is 0 Å². The molecular weight excluding hydrogens is 339 g/mol. The maximum atomic E-state index is 12.7. The molecule has 3 unspecified atom stereocenters. The average Bonchev–Trinajstić information content (AvgIpc) is 3.14. The van der Waals surface area contributed by atoms with Crippen LogP contribution in [0, 0.1) is 27.9 Å². The molecule has 2 saturated carbocycles. The third-order valence-corrected chi connectivity index (χ3v) is 5.19. The van der Waals surface area contributed by atoms with E-state index in [1.54, 1.807) is 0 Å². The van der Waals surface area contributed by atoms with Gasteiger partial charge in [-0.1, -0.05) is 6.42 Å². The number of nitro groups is 1. The van der Waals surface area contributed by atoms with Crippen LogP contribution in [0.15, 0.2) is 18.2 Å². The normalized spacial score (nSPS) is 25.0. The number of nitrogens with zero attached hydrogens (tertiary/aromatic N) is 1. The molecule has 0 heterocycles. The second kappa shape index (κ2) is 6.53. The predicted molar refractivity (Wildman–Crippen MR) is 83.4 cm³/mol. The van der Waals surface area contributed by atoms with Gasteiger partial charge in [-0.05, 0) is 49.1 Å². The van der Waals surface area contributed by atoms with Gasteiger partial charge in [-0.25, -0.2) is 0 Å². The molecule has 0 aromatic heterocycles. The molecule has 3 atom stereocenters. The summed E-state index contributed by atoms with van der Waals surface area (Å²) in [6.45, 7) is 0. The number of hydrazine groups is 1. The van der Waals surface area contributed by atoms with Crippen LogP contribution in [0.3, 0.4) is 0 Å². The van der Waals surface area contributed by atoms with Crippen LogP contribution in [0.1, 0.15) is 37.7 Å². The average molecular weight is 357 g/mol. The zero-order chi connectivity index (χ0) is 18.2. The van der Waals surface area contributed by atoms with Gasteiger partial charge in [0.1, 0.15) is 5.69 Å². The maximum absolute atomic E-state index is 12.7. The van der Waals surface area contributed by atoms with Gasteiger partial charge >= 0.3 is 6.18 Å². The first-order valence-corrected chi connectivity index (χ1v) is 8.14. The van der Waals surface area contributed by atoms with Crippen LogP contribution in [0.4, 0.5) is 24.5 Å². The van der Waals surface area contributed by atoms with Crippen LogP contribution in [-0.4, -0.2) is 10.8 Å². The van der Waals surface area contributed by atoms with Crippen LogP contribution in [0.2, 0.25) is 0 Å². The molecule has 1 aromatic rings. The molecule has 9 heteroatoms. The molecule has 0 spiro atoms. The fraction of sp³-hybridized carbons (Fsp3) is 0.562. The van der Waals surface area contributed by atoms with Gasteiger partial charge < -0.3 is 0 Å². The molecule has 2 bridgehead atoms. The summed E-state index contributed by atoms with van der Waals surface area (Å²) in [7, 11) is 0. The minimum atomic E-state index is -4.67. The van der Waals surface area contributed by atoms with E-state index in [0.29, 0.717) is 30.2 Å². The monoisotopic (exact) mass is 357 g/mol. The quantitative estimate of drug-likeness (QED) is 0.619. The summed E-state index contributed by atoms with van der Waals surface area (Å²) in [6, 6.07) is 2.13. The number of benzene rings is 1. The predicted octanol–water partition coefficient (Wildman–Crippen LogP) is 3.88. The van der Waals surface area contributed by atoms with E-state index < -0.39 is 22.4 Å². The molecule has 1 aromatic carbocycles. The lowest BCUT2D eigenvalue weighted by Crippen LogP contribution is -2.32. The summed E-state index contributed by atoms with van der Waals surface area (Å²) in [5.74, 6) is 1.28.